The molecule has 0 unspecified atom stereocenters. The minimum Gasteiger partial charge on any atom is -0.481 e. The number of benzene rings is 1. The molecule has 1 heterocycles. The quantitative estimate of drug-likeness (QED) is 0.807. The molecular formula is C12H13N5O3. The minimum absolute atomic E-state index is 0.0402. The van der Waals surface area contributed by atoms with E-state index in [1.807, 2.05) is 6.07 Å². The maximum absolute atomic E-state index is 12.2. The number of carboxylic acid groups (broad SMARTS) is 1. The van der Waals surface area contributed by atoms with Gasteiger partial charge in [0.2, 0.25) is 5.91 Å². The Bertz CT molecular complexity index is 570. The maximum atomic E-state index is 12.2. The van der Waals surface area contributed by atoms with Crippen LogP contribution in [0.2, 0.25) is 0 Å². The summed E-state index contributed by atoms with van der Waals surface area (Å²) in [6, 6.07) is 8.89. The maximum Gasteiger partial charge on any atom is 0.305 e. The number of carboxylic acids is 1. The van der Waals surface area contributed by atoms with Gasteiger partial charge in [0.1, 0.15) is 12.9 Å². The average molecular weight is 275 g/mol. The normalized spacial score (nSPS) is 10.2. The minimum atomic E-state index is -0.957. The van der Waals surface area contributed by atoms with E-state index in [4.69, 9.17) is 5.11 Å². The number of tetrazole rings is 1. The Hall–Kier alpha value is -2.77. The molecule has 0 fully saturated rings. The molecule has 1 aromatic heterocycles. The second-order valence-electron chi connectivity index (χ2n) is 4.03. The first-order valence-corrected chi connectivity index (χ1v) is 5.95. The van der Waals surface area contributed by atoms with E-state index < -0.39 is 5.97 Å². The van der Waals surface area contributed by atoms with Gasteiger partial charge in [0.05, 0.1) is 6.42 Å². The van der Waals surface area contributed by atoms with Crippen molar-refractivity contribution in [3.63, 3.8) is 0 Å². The Morgan fingerprint density at radius 1 is 1.25 bits per heavy atom. The summed E-state index contributed by atoms with van der Waals surface area (Å²) in [5, 5.41) is 19.3. The van der Waals surface area contributed by atoms with E-state index in [2.05, 4.69) is 15.5 Å². The molecule has 104 valence electrons. The van der Waals surface area contributed by atoms with Crippen LogP contribution in [0.4, 0.5) is 5.69 Å². The monoisotopic (exact) mass is 275 g/mol. The lowest BCUT2D eigenvalue weighted by molar-refractivity contribution is -0.136. The standard InChI is InChI=1S/C12H13N5O3/c18-11(8-16-9-13-14-15-16)17(7-6-12(19)20)10-4-2-1-3-5-10/h1-5,9H,6-8H2,(H,19,20). The third-order valence-electron chi connectivity index (χ3n) is 2.61. The molecule has 20 heavy (non-hydrogen) atoms. The lowest BCUT2D eigenvalue weighted by atomic mass is 10.2. The number of carbonyl (C=O) groups is 2. The molecule has 0 radical (unpaired) electrons. The van der Waals surface area contributed by atoms with Gasteiger partial charge in [0, 0.05) is 12.2 Å². The van der Waals surface area contributed by atoms with Crippen LogP contribution in [-0.4, -0.2) is 43.7 Å². The average Bonchev–Trinajstić information content (AvgIpc) is 2.92. The van der Waals surface area contributed by atoms with Crippen molar-refractivity contribution < 1.29 is 14.7 Å². The van der Waals surface area contributed by atoms with Gasteiger partial charge in [-0.3, -0.25) is 9.59 Å². The summed E-state index contributed by atoms with van der Waals surface area (Å²) < 4.78 is 1.29. The predicted octanol–water partition coefficient (Wildman–Crippen LogP) is 0.181. The Balaban J connectivity index is 2.13. The van der Waals surface area contributed by atoms with Crippen LogP contribution < -0.4 is 4.90 Å². The largest absolute Gasteiger partial charge is 0.481 e. The molecule has 2 rings (SSSR count). The van der Waals surface area contributed by atoms with Crippen LogP contribution in [0.1, 0.15) is 6.42 Å². The third kappa shape index (κ3) is 3.61. The van der Waals surface area contributed by atoms with Gasteiger partial charge in [-0.15, -0.1) is 5.10 Å². The van der Waals surface area contributed by atoms with Crippen molar-refractivity contribution in [2.75, 3.05) is 11.4 Å². The molecule has 0 atom stereocenters. The van der Waals surface area contributed by atoms with Crippen LogP contribution in [-0.2, 0) is 16.1 Å². The molecule has 0 spiro atoms. The fourth-order valence-electron chi connectivity index (χ4n) is 1.69. The van der Waals surface area contributed by atoms with E-state index >= 15 is 0 Å². The molecule has 0 saturated heterocycles. The molecule has 0 aliphatic heterocycles. The van der Waals surface area contributed by atoms with Crippen LogP contribution in [0.5, 0.6) is 0 Å². The van der Waals surface area contributed by atoms with Crippen LogP contribution in [0.3, 0.4) is 0 Å². The van der Waals surface area contributed by atoms with Gasteiger partial charge in [-0.1, -0.05) is 18.2 Å². The van der Waals surface area contributed by atoms with Crippen LogP contribution in [0, 0.1) is 0 Å². The zero-order valence-electron chi connectivity index (χ0n) is 10.6. The Morgan fingerprint density at radius 3 is 2.60 bits per heavy atom. The zero-order valence-corrected chi connectivity index (χ0v) is 10.6. The summed E-state index contributed by atoms with van der Waals surface area (Å²) >= 11 is 0. The van der Waals surface area contributed by atoms with Gasteiger partial charge in [-0.25, -0.2) is 4.68 Å². The van der Waals surface area contributed by atoms with E-state index in [0.29, 0.717) is 5.69 Å². The van der Waals surface area contributed by atoms with Gasteiger partial charge < -0.3 is 10.0 Å². The number of aliphatic carboxylic acids is 1. The van der Waals surface area contributed by atoms with Crippen LogP contribution >= 0.6 is 0 Å². The summed E-state index contributed by atoms with van der Waals surface area (Å²) in [6.07, 6.45) is 1.20. The molecule has 0 saturated carbocycles. The topological polar surface area (TPSA) is 101 Å². The fourth-order valence-corrected chi connectivity index (χ4v) is 1.69. The molecule has 8 nitrogen and oxygen atoms in total. The van der Waals surface area contributed by atoms with E-state index in [1.54, 1.807) is 24.3 Å². The summed E-state index contributed by atoms with van der Waals surface area (Å²) in [7, 11) is 0. The van der Waals surface area contributed by atoms with E-state index in [1.165, 1.54) is 15.9 Å². The highest BCUT2D eigenvalue weighted by molar-refractivity contribution is 5.93. The first-order chi connectivity index (χ1) is 9.66. The molecule has 0 bridgehead atoms. The summed E-state index contributed by atoms with van der Waals surface area (Å²) in [4.78, 5) is 24.4. The van der Waals surface area contributed by atoms with E-state index in [-0.39, 0.29) is 25.4 Å². The first-order valence-electron chi connectivity index (χ1n) is 5.95. The molecule has 8 heteroatoms. The van der Waals surface area contributed by atoms with Crippen molar-refractivity contribution >= 4 is 17.6 Å². The van der Waals surface area contributed by atoms with Crippen molar-refractivity contribution in [3.8, 4) is 0 Å². The number of amides is 1. The highest BCUT2D eigenvalue weighted by Crippen LogP contribution is 2.14. The second-order valence-corrected chi connectivity index (χ2v) is 4.03. The van der Waals surface area contributed by atoms with Crippen molar-refractivity contribution in [1.29, 1.82) is 0 Å². The molecule has 1 N–H and O–H groups in total. The number of para-hydroxylation sites is 1. The summed E-state index contributed by atoms with van der Waals surface area (Å²) in [5.74, 6) is -1.23. The number of rotatable bonds is 6. The lowest BCUT2D eigenvalue weighted by Crippen LogP contribution is -2.35. The van der Waals surface area contributed by atoms with Gasteiger partial charge in [0.15, 0.2) is 0 Å². The highest BCUT2D eigenvalue weighted by Gasteiger charge is 2.17. The molecule has 2 aromatic rings. The van der Waals surface area contributed by atoms with Gasteiger partial charge in [0.25, 0.3) is 0 Å². The smallest absolute Gasteiger partial charge is 0.305 e. The summed E-state index contributed by atoms with van der Waals surface area (Å²) in [6.45, 7) is 0.0574. The lowest BCUT2D eigenvalue weighted by Gasteiger charge is -2.21. The number of anilines is 1. The number of nitrogens with zero attached hydrogens (tertiary/aromatic N) is 5. The third-order valence-corrected chi connectivity index (χ3v) is 2.61. The van der Waals surface area contributed by atoms with Crippen LogP contribution in [0.15, 0.2) is 36.7 Å². The number of aromatic nitrogens is 4. The van der Waals surface area contributed by atoms with Crippen molar-refractivity contribution in [2.24, 2.45) is 0 Å². The Kier molecular flexibility index (Phi) is 4.38. The molecule has 0 aliphatic rings. The molecule has 1 aromatic carbocycles. The molecule has 1 amide bonds. The van der Waals surface area contributed by atoms with Gasteiger partial charge in [-0.2, -0.15) is 0 Å². The summed E-state index contributed by atoms with van der Waals surface area (Å²) in [5.41, 5.74) is 0.645. The predicted molar refractivity (Wildman–Crippen MR) is 68.9 cm³/mol. The Labute approximate surface area is 114 Å². The molecule has 0 aliphatic carbocycles. The molecular weight excluding hydrogens is 262 g/mol. The number of carbonyl (C=O) groups excluding carboxylic acids is 1. The Morgan fingerprint density at radius 2 is 2.00 bits per heavy atom. The fraction of sp³-hybridized carbons (Fsp3) is 0.250. The van der Waals surface area contributed by atoms with Gasteiger partial charge >= 0.3 is 5.97 Å². The van der Waals surface area contributed by atoms with Crippen molar-refractivity contribution in [2.45, 2.75) is 13.0 Å². The first kappa shape index (κ1) is 13.7. The number of hydrogen-bond acceptors (Lipinski definition) is 5. The number of hydrogen-bond donors (Lipinski definition) is 1. The van der Waals surface area contributed by atoms with E-state index in [9.17, 15) is 9.59 Å². The zero-order chi connectivity index (χ0) is 14.4. The van der Waals surface area contributed by atoms with Crippen molar-refractivity contribution in [3.05, 3.63) is 36.7 Å². The van der Waals surface area contributed by atoms with Gasteiger partial charge in [-0.05, 0) is 22.6 Å². The highest BCUT2D eigenvalue weighted by atomic mass is 16.4. The van der Waals surface area contributed by atoms with Crippen LogP contribution in [0.25, 0.3) is 0 Å². The second kappa shape index (κ2) is 6.41. The van der Waals surface area contributed by atoms with E-state index in [0.717, 1.165) is 0 Å². The SMILES string of the molecule is O=C(O)CCN(C(=O)Cn1cnnn1)c1ccccc1. The van der Waals surface area contributed by atoms with Crippen molar-refractivity contribution in [1.82, 2.24) is 20.2 Å².